The van der Waals surface area contributed by atoms with Crippen molar-refractivity contribution in [2.24, 2.45) is 17.3 Å². The molecule has 1 aliphatic heterocycles. The van der Waals surface area contributed by atoms with E-state index >= 15 is 0 Å². The molecule has 1 heterocycles. The van der Waals surface area contributed by atoms with Gasteiger partial charge in [-0.3, -0.25) is 0 Å². The Bertz CT molecular complexity index is 348. The fourth-order valence-electron chi connectivity index (χ4n) is 3.02. The molecule has 0 aromatic carbocycles. The summed E-state index contributed by atoms with van der Waals surface area (Å²) in [6.45, 7) is 8.94. The van der Waals surface area contributed by atoms with Crippen molar-refractivity contribution < 1.29 is 13.5 Å². The normalized spacial score (nSPS) is 30.4. The van der Waals surface area contributed by atoms with E-state index in [0.29, 0.717) is 19.3 Å². The Morgan fingerprint density at radius 1 is 1.50 bits per heavy atom. The molecule has 0 aliphatic carbocycles. The van der Waals surface area contributed by atoms with Crippen molar-refractivity contribution in [2.45, 2.75) is 65.6 Å². The minimum Gasteiger partial charge on any atom is -0.314 e. The van der Waals surface area contributed by atoms with E-state index in [1.54, 1.807) is 20.8 Å². The summed E-state index contributed by atoms with van der Waals surface area (Å²) in [5.74, 6) is -1.03. The lowest BCUT2D eigenvalue weighted by Gasteiger charge is -2.37. The van der Waals surface area contributed by atoms with Gasteiger partial charge in [0.05, 0.1) is 17.6 Å². The monoisotopic (exact) mass is 259 g/mol. The first kappa shape index (κ1) is 15.4. The number of halogens is 2. The summed E-state index contributed by atoms with van der Waals surface area (Å²) in [4.78, 5) is 0. The lowest BCUT2D eigenvalue weighted by molar-refractivity contribution is -0.277. The molecule has 18 heavy (non-hydrogen) atoms. The Morgan fingerprint density at radius 3 is 2.39 bits per heavy atom. The van der Waals surface area contributed by atoms with Crippen LogP contribution >= 0.6 is 0 Å². The fraction of sp³-hybridized carbons (Fsp3) is 0.929. The molecule has 0 N–H and O–H groups in total. The van der Waals surface area contributed by atoms with Crippen LogP contribution in [0.25, 0.3) is 0 Å². The maximum Gasteiger partial charge on any atom is 0.359 e. The standard InChI is InChI=1S/C14H23F2NO/c1-6-13(5,7-10(2)9-17)11-8-12(3,4)18-14(11,15)16/h10-11H,6-8H2,1-5H3. The molecule has 3 unspecified atom stereocenters. The molecule has 1 aliphatic rings. The SMILES string of the molecule is CCC(C)(CC(C)C#N)C1CC(C)(C)OC1(F)F. The minimum atomic E-state index is -3.09. The third-order valence-corrected chi connectivity index (χ3v) is 4.16. The fourth-order valence-corrected chi connectivity index (χ4v) is 3.02. The molecule has 0 amide bonds. The molecular formula is C14H23F2NO. The first-order chi connectivity index (χ1) is 8.06. The molecule has 0 bridgehead atoms. The van der Waals surface area contributed by atoms with Crippen LogP contribution in [0.3, 0.4) is 0 Å². The topological polar surface area (TPSA) is 33.0 Å². The van der Waals surface area contributed by atoms with Gasteiger partial charge in [0.25, 0.3) is 0 Å². The number of ether oxygens (including phenoxy) is 1. The van der Waals surface area contributed by atoms with Gasteiger partial charge in [-0.15, -0.1) is 0 Å². The van der Waals surface area contributed by atoms with Crippen LogP contribution in [0.15, 0.2) is 0 Å². The van der Waals surface area contributed by atoms with Crippen LogP contribution in [-0.4, -0.2) is 11.7 Å². The van der Waals surface area contributed by atoms with Crippen molar-refractivity contribution >= 4 is 0 Å². The maximum absolute atomic E-state index is 14.0. The highest BCUT2D eigenvalue weighted by Gasteiger charge is 2.59. The number of hydrogen-bond donors (Lipinski definition) is 0. The second-order valence-electron chi connectivity index (χ2n) is 6.42. The molecule has 0 radical (unpaired) electrons. The van der Waals surface area contributed by atoms with Crippen molar-refractivity contribution in [3.8, 4) is 6.07 Å². The Balaban J connectivity index is 2.98. The summed E-state index contributed by atoms with van der Waals surface area (Å²) in [5.41, 5.74) is -1.35. The first-order valence-corrected chi connectivity index (χ1v) is 6.54. The molecule has 0 aromatic heterocycles. The van der Waals surface area contributed by atoms with Crippen LogP contribution in [0, 0.1) is 28.6 Å². The van der Waals surface area contributed by atoms with Crippen LogP contribution in [0.4, 0.5) is 8.78 Å². The summed E-state index contributed by atoms with van der Waals surface area (Å²) < 4.78 is 33.0. The quantitative estimate of drug-likeness (QED) is 0.751. The van der Waals surface area contributed by atoms with Gasteiger partial charge in [-0.25, -0.2) is 0 Å². The van der Waals surface area contributed by atoms with Crippen LogP contribution in [-0.2, 0) is 4.74 Å². The van der Waals surface area contributed by atoms with Crippen molar-refractivity contribution in [1.29, 1.82) is 5.26 Å². The lowest BCUT2D eigenvalue weighted by atomic mass is 9.67. The van der Waals surface area contributed by atoms with E-state index < -0.39 is 23.0 Å². The molecular weight excluding hydrogens is 236 g/mol. The highest BCUT2D eigenvalue weighted by molar-refractivity contribution is 4.98. The summed E-state index contributed by atoms with van der Waals surface area (Å²) >= 11 is 0. The Labute approximate surface area is 108 Å². The molecule has 0 spiro atoms. The van der Waals surface area contributed by atoms with Gasteiger partial charge in [0, 0.05) is 5.92 Å². The Morgan fingerprint density at radius 2 is 2.06 bits per heavy atom. The van der Waals surface area contributed by atoms with E-state index in [1.807, 2.05) is 13.8 Å². The molecule has 1 saturated heterocycles. The van der Waals surface area contributed by atoms with Crippen molar-refractivity contribution in [3.05, 3.63) is 0 Å². The van der Waals surface area contributed by atoms with E-state index in [2.05, 4.69) is 6.07 Å². The number of nitriles is 1. The van der Waals surface area contributed by atoms with Crippen molar-refractivity contribution in [2.75, 3.05) is 0 Å². The van der Waals surface area contributed by atoms with E-state index in [4.69, 9.17) is 10.00 Å². The van der Waals surface area contributed by atoms with Crippen LogP contribution < -0.4 is 0 Å². The van der Waals surface area contributed by atoms with E-state index in [9.17, 15) is 8.78 Å². The number of nitrogens with zero attached hydrogens (tertiary/aromatic N) is 1. The molecule has 0 aromatic rings. The summed E-state index contributed by atoms with van der Waals surface area (Å²) in [6, 6.07) is 2.14. The van der Waals surface area contributed by atoms with Crippen molar-refractivity contribution in [3.63, 3.8) is 0 Å². The predicted octanol–water partition coefficient (Wildman–Crippen LogP) is 4.36. The number of alkyl halides is 2. The minimum absolute atomic E-state index is 0.213. The molecule has 1 fully saturated rings. The van der Waals surface area contributed by atoms with Gasteiger partial charge >= 0.3 is 6.11 Å². The average Bonchev–Trinajstić information content (AvgIpc) is 2.46. The Hall–Kier alpha value is -0.690. The molecule has 1 rings (SSSR count). The lowest BCUT2D eigenvalue weighted by Crippen LogP contribution is -2.38. The maximum atomic E-state index is 14.0. The number of hydrogen-bond acceptors (Lipinski definition) is 2. The highest BCUT2D eigenvalue weighted by atomic mass is 19.3. The highest BCUT2D eigenvalue weighted by Crippen LogP contribution is 2.55. The zero-order chi connectivity index (χ0) is 14.2. The second kappa shape index (κ2) is 4.77. The van der Waals surface area contributed by atoms with Gasteiger partial charge in [-0.05, 0) is 39.0 Å². The van der Waals surface area contributed by atoms with E-state index in [0.717, 1.165) is 0 Å². The van der Waals surface area contributed by atoms with Crippen molar-refractivity contribution in [1.82, 2.24) is 0 Å². The molecule has 3 atom stereocenters. The van der Waals surface area contributed by atoms with E-state index in [-0.39, 0.29) is 5.92 Å². The summed E-state index contributed by atoms with van der Waals surface area (Å²) in [7, 11) is 0. The van der Waals surface area contributed by atoms with Gasteiger partial charge < -0.3 is 4.74 Å². The molecule has 0 saturated carbocycles. The third kappa shape index (κ3) is 3.00. The second-order valence-corrected chi connectivity index (χ2v) is 6.42. The molecule has 104 valence electrons. The van der Waals surface area contributed by atoms with Crippen LogP contribution in [0.2, 0.25) is 0 Å². The third-order valence-electron chi connectivity index (χ3n) is 4.16. The largest absolute Gasteiger partial charge is 0.359 e. The Kier molecular flexibility index (Phi) is 4.07. The van der Waals surface area contributed by atoms with Crippen LogP contribution in [0.5, 0.6) is 0 Å². The molecule has 2 nitrogen and oxygen atoms in total. The van der Waals surface area contributed by atoms with Gasteiger partial charge in [-0.1, -0.05) is 20.3 Å². The summed E-state index contributed by atoms with van der Waals surface area (Å²) in [6.07, 6.45) is -1.65. The smallest absolute Gasteiger partial charge is 0.314 e. The van der Waals surface area contributed by atoms with Gasteiger partial charge in [-0.2, -0.15) is 14.0 Å². The van der Waals surface area contributed by atoms with Crippen LogP contribution in [0.1, 0.15) is 53.9 Å². The number of rotatable bonds is 4. The van der Waals surface area contributed by atoms with E-state index in [1.165, 1.54) is 0 Å². The predicted molar refractivity (Wildman–Crippen MR) is 66.0 cm³/mol. The molecule has 4 heteroatoms. The first-order valence-electron chi connectivity index (χ1n) is 6.54. The van der Waals surface area contributed by atoms with Gasteiger partial charge in [0.2, 0.25) is 0 Å². The zero-order valence-corrected chi connectivity index (χ0v) is 11.9. The zero-order valence-electron chi connectivity index (χ0n) is 11.9. The average molecular weight is 259 g/mol. The van der Waals surface area contributed by atoms with Gasteiger partial charge in [0.15, 0.2) is 0 Å². The summed E-state index contributed by atoms with van der Waals surface area (Å²) in [5, 5.41) is 8.90. The van der Waals surface area contributed by atoms with Gasteiger partial charge in [0.1, 0.15) is 0 Å².